The Morgan fingerprint density at radius 3 is 2.44 bits per heavy atom. The van der Waals surface area contributed by atoms with Crippen molar-refractivity contribution in [3.8, 4) is 0 Å². The van der Waals surface area contributed by atoms with Crippen LogP contribution in [-0.2, 0) is 27.9 Å². The number of nitro benzene ring substituents is 1. The highest BCUT2D eigenvalue weighted by Crippen LogP contribution is 2.27. The van der Waals surface area contributed by atoms with Crippen LogP contribution in [0.3, 0.4) is 0 Å². The summed E-state index contributed by atoms with van der Waals surface area (Å²) in [6.45, 7) is 5.52. The van der Waals surface area contributed by atoms with Crippen LogP contribution in [0.25, 0.3) is 0 Å². The van der Waals surface area contributed by atoms with E-state index < -0.39 is 20.6 Å². The molecule has 0 atom stereocenters. The van der Waals surface area contributed by atoms with E-state index in [9.17, 15) is 23.3 Å². The van der Waals surface area contributed by atoms with Crippen LogP contribution in [-0.4, -0.2) is 43.8 Å². The molecule has 2 aromatic rings. The van der Waals surface area contributed by atoms with Gasteiger partial charge in [0, 0.05) is 38.2 Å². The van der Waals surface area contributed by atoms with Crippen molar-refractivity contribution < 1.29 is 18.1 Å². The molecule has 0 aliphatic rings. The number of primary sulfonamides is 1. The zero-order chi connectivity index (χ0) is 23.9. The highest BCUT2D eigenvalue weighted by atomic mass is 32.2. The number of benzene rings is 2. The third-order valence-electron chi connectivity index (χ3n) is 5.06. The number of amides is 1. The second-order valence-corrected chi connectivity index (χ2v) is 9.27. The molecule has 0 saturated carbocycles. The molecule has 0 saturated heterocycles. The van der Waals surface area contributed by atoms with Gasteiger partial charge in [0.2, 0.25) is 15.9 Å². The lowest BCUT2D eigenvalue weighted by atomic mass is 10.1. The number of rotatable bonds is 11. The quantitative estimate of drug-likeness (QED) is 0.342. The lowest BCUT2D eigenvalue weighted by Gasteiger charge is -2.22. The monoisotopic (exact) mass is 463 g/mol. The molecule has 0 aliphatic heterocycles. The van der Waals surface area contributed by atoms with E-state index in [1.807, 2.05) is 31.3 Å². The Labute approximate surface area is 188 Å². The van der Waals surface area contributed by atoms with Gasteiger partial charge in [-0.05, 0) is 44.2 Å². The lowest BCUT2D eigenvalue weighted by Crippen LogP contribution is -2.28. The molecule has 0 spiro atoms. The number of carbonyl (C=O) groups excluding carboxylic acids is 1. The van der Waals surface area contributed by atoms with Gasteiger partial charge in [-0.3, -0.25) is 19.8 Å². The highest BCUT2D eigenvalue weighted by molar-refractivity contribution is 7.89. The van der Waals surface area contributed by atoms with Crippen molar-refractivity contribution in [2.75, 3.05) is 18.9 Å². The Bertz CT molecular complexity index is 1070. The molecule has 0 aliphatic carbocycles. The Kier molecular flexibility index (Phi) is 8.70. The van der Waals surface area contributed by atoms with Gasteiger partial charge in [-0.25, -0.2) is 13.6 Å². The summed E-state index contributed by atoms with van der Waals surface area (Å²) in [6.07, 6.45) is 0.0855. The van der Waals surface area contributed by atoms with Crippen molar-refractivity contribution in [2.45, 2.75) is 44.3 Å². The van der Waals surface area contributed by atoms with Crippen LogP contribution in [0.2, 0.25) is 0 Å². The third-order valence-corrected chi connectivity index (χ3v) is 5.97. The number of anilines is 1. The van der Waals surface area contributed by atoms with Crippen molar-refractivity contribution in [3.63, 3.8) is 0 Å². The van der Waals surface area contributed by atoms with E-state index in [0.717, 1.165) is 23.7 Å². The van der Waals surface area contributed by atoms with Gasteiger partial charge >= 0.3 is 0 Å². The minimum absolute atomic E-state index is 0.0855. The average molecular weight is 464 g/mol. The van der Waals surface area contributed by atoms with E-state index in [2.05, 4.69) is 29.4 Å². The smallest absolute Gasteiger partial charge is 0.293 e. The molecule has 4 N–H and O–H groups in total. The molecular formula is C21H29N5O5S. The fourth-order valence-corrected chi connectivity index (χ4v) is 3.45. The number of hydrogen-bond donors (Lipinski definition) is 3. The van der Waals surface area contributed by atoms with E-state index in [0.29, 0.717) is 12.6 Å². The van der Waals surface area contributed by atoms with Gasteiger partial charge in [-0.2, -0.15) is 0 Å². The van der Waals surface area contributed by atoms with E-state index >= 15 is 0 Å². The number of carbonyl (C=O) groups is 1. The van der Waals surface area contributed by atoms with Crippen molar-refractivity contribution in [2.24, 2.45) is 5.14 Å². The van der Waals surface area contributed by atoms with Crippen molar-refractivity contribution >= 4 is 27.3 Å². The van der Waals surface area contributed by atoms with Gasteiger partial charge in [0.25, 0.3) is 5.69 Å². The summed E-state index contributed by atoms with van der Waals surface area (Å²) < 4.78 is 22.8. The summed E-state index contributed by atoms with van der Waals surface area (Å²) in [4.78, 5) is 24.7. The number of nitrogens with two attached hydrogens (primary N) is 1. The maximum atomic E-state index is 12.3. The molecule has 2 aromatic carbocycles. The Hall–Kier alpha value is -3.02. The van der Waals surface area contributed by atoms with Crippen LogP contribution in [0.1, 0.15) is 31.4 Å². The summed E-state index contributed by atoms with van der Waals surface area (Å²) >= 11 is 0. The first-order valence-electron chi connectivity index (χ1n) is 10.1. The number of nitrogens with zero attached hydrogens (tertiary/aromatic N) is 2. The molecule has 11 heteroatoms. The molecule has 10 nitrogen and oxygen atoms in total. The topological polar surface area (TPSA) is 148 Å². The zero-order valence-electron chi connectivity index (χ0n) is 18.4. The number of sulfonamides is 1. The molecule has 2 rings (SSSR count). The minimum atomic E-state index is -4.06. The van der Waals surface area contributed by atoms with Crippen LogP contribution in [0.4, 0.5) is 11.4 Å². The molecule has 0 fully saturated rings. The number of nitro groups is 1. The summed E-state index contributed by atoms with van der Waals surface area (Å²) in [5, 5.41) is 22.0. The number of hydrogen-bond acceptors (Lipinski definition) is 7. The first-order valence-corrected chi connectivity index (χ1v) is 11.6. The van der Waals surface area contributed by atoms with Crippen molar-refractivity contribution in [1.29, 1.82) is 0 Å². The number of nitrogens with one attached hydrogen (secondary N) is 2. The first kappa shape index (κ1) is 25.2. The molecule has 174 valence electrons. The largest absolute Gasteiger partial charge is 0.379 e. The third kappa shape index (κ3) is 7.29. The van der Waals surface area contributed by atoms with E-state index in [4.69, 9.17) is 5.14 Å². The zero-order valence-corrected chi connectivity index (χ0v) is 19.2. The molecular weight excluding hydrogens is 434 g/mol. The molecule has 0 unspecified atom stereocenters. The standard InChI is InChI=1S/C21H29N5O5S/c1-15(2)25(3)14-17-7-5-4-6-16(17)13-24-21(27)10-11-23-19-9-8-18(32(22,30)31)12-20(19)26(28)29/h4-9,12,15,23H,10-11,13-14H2,1-3H3,(H,24,27)(H2,22,30,31). The molecule has 0 heterocycles. The Morgan fingerprint density at radius 1 is 1.19 bits per heavy atom. The highest BCUT2D eigenvalue weighted by Gasteiger charge is 2.19. The van der Waals surface area contributed by atoms with E-state index in [-0.39, 0.29) is 29.5 Å². The maximum Gasteiger partial charge on any atom is 0.293 e. The Balaban J connectivity index is 1.93. The lowest BCUT2D eigenvalue weighted by molar-refractivity contribution is -0.384. The summed E-state index contributed by atoms with van der Waals surface area (Å²) in [7, 11) is -2.02. The van der Waals surface area contributed by atoms with E-state index in [1.165, 1.54) is 12.1 Å². The second-order valence-electron chi connectivity index (χ2n) is 7.71. The van der Waals surface area contributed by atoms with E-state index in [1.54, 1.807) is 0 Å². The van der Waals surface area contributed by atoms with Crippen LogP contribution < -0.4 is 15.8 Å². The molecule has 32 heavy (non-hydrogen) atoms. The van der Waals surface area contributed by atoms with Crippen molar-refractivity contribution in [3.05, 3.63) is 63.7 Å². The summed E-state index contributed by atoms with van der Waals surface area (Å²) in [6, 6.07) is 11.6. The SMILES string of the molecule is CC(C)N(C)Cc1ccccc1CNC(=O)CCNc1ccc(S(N)(=O)=O)cc1[N+](=O)[O-]. The predicted octanol–water partition coefficient (Wildman–Crippen LogP) is 2.20. The van der Waals surface area contributed by atoms with Crippen LogP contribution in [0.5, 0.6) is 0 Å². The average Bonchev–Trinajstić information content (AvgIpc) is 2.72. The molecule has 0 bridgehead atoms. The van der Waals surface area contributed by atoms with Gasteiger partial charge < -0.3 is 10.6 Å². The first-order chi connectivity index (χ1) is 15.0. The summed E-state index contributed by atoms with van der Waals surface area (Å²) in [5.41, 5.74) is 1.83. The normalized spacial score (nSPS) is 11.6. The van der Waals surface area contributed by atoms with Gasteiger partial charge in [-0.15, -0.1) is 0 Å². The fraction of sp³-hybridized carbons (Fsp3) is 0.381. The van der Waals surface area contributed by atoms with Crippen LogP contribution >= 0.6 is 0 Å². The second kappa shape index (κ2) is 11.0. The fourth-order valence-electron chi connectivity index (χ4n) is 2.92. The van der Waals surface area contributed by atoms with Gasteiger partial charge in [0.1, 0.15) is 5.69 Å². The van der Waals surface area contributed by atoms with Gasteiger partial charge in [-0.1, -0.05) is 24.3 Å². The molecule has 0 aromatic heterocycles. The van der Waals surface area contributed by atoms with Gasteiger partial charge in [0.05, 0.1) is 9.82 Å². The molecule has 1 amide bonds. The maximum absolute atomic E-state index is 12.3. The minimum Gasteiger partial charge on any atom is -0.379 e. The Morgan fingerprint density at radius 2 is 1.84 bits per heavy atom. The summed E-state index contributed by atoms with van der Waals surface area (Å²) in [5.74, 6) is -0.215. The van der Waals surface area contributed by atoms with Crippen LogP contribution in [0, 0.1) is 10.1 Å². The van der Waals surface area contributed by atoms with Gasteiger partial charge in [0.15, 0.2) is 0 Å². The molecule has 0 radical (unpaired) electrons. The van der Waals surface area contributed by atoms with Crippen molar-refractivity contribution in [1.82, 2.24) is 10.2 Å². The predicted molar refractivity (Wildman–Crippen MR) is 122 cm³/mol. The van der Waals surface area contributed by atoms with Crippen LogP contribution in [0.15, 0.2) is 47.4 Å².